The van der Waals surface area contributed by atoms with E-state index in [0.29, 0.717) is 22.4 Å². The smallest absolute Gasteiger partial charge is 0.234 e. The van der Waals surface area contributed by atoms with E-state index in [0.717, 1.165) is 16.6 Å². The number of hydrogen-bond acceptors (Lipinski definition) is 6. The minimum atomic E-state index is -0.133. The molecule has 9 heteroatoms. The van der Waals surface area contributed by atoms with Crippen molar-refractivity contribution in [2.75, 3.05) is 11.1 Å². The van der Waals surface area contributed by atoms with E-state index in [2.05, 4.69) is 30.7 Å². The van der Waals surface area contributed by atoms with Crippen molar-refractivity contribution in [3.8, 4) is 17.2 Å². The number of aromatic amines is 1. The first-order valence-electron chi connectivity index (χ1n) is 9.56. The Morgan fingerprint density at radius 3 is 2.74 bits per heavy atom. The fourth-order valence-electron chi connectivity index (χ4n) is 3.18. The summed E-state index contributed by atoms with van der Waals surface area (Å²) < 4.78 is 1.91. The van der Waals surface area contributed by atoms with E-state index < -0.39 is 0 Å². The Morgan fingerprint density at radius 2 is 1.90 bits per heavy atom. The third kappa shape index (κ3) is 4.03. The molecule has 8 nitrogen and oxygen atoms in total. The van der Waals surface area contributed by atoms with Crippen LogP contribution >= 0.6 is 11.8 Å². The number of pyridine rings is 1. The van der Waals surface area contributed by atoms with Gasteiger partial charge in [-0.25, -0.2) is 0 Å². The van der Waals surface area contributed by atoms with Gasteiger partial charge in [0.15, 0.2) is 11.0 Å². The highest BCUT2D eigenvalue weighted by Crippen LogP contribution is 2.27. The summed E-state index contributed by atoms with van der Waals surface area (Å²) in [4.78, 5) is 17.0. The second-order valence-corrected chi connectivity index (χ2v) is 7.64. The number of carbonyl (C=O) groups is 1. The summed E-state index contributed by atoms with van der Waals surface area (Å²) in [5.74, 6) is 0.680. The minimum absolute atomic E-state index is 0.133. The first kappa shape index (κ1) is 19.0. The first-order chi connectivity index (χ1) is 15.3. The molecule has 0 aliphatic heterocycles. The third-order valence-electron chi connectivity index (χ3n) is 4.60. The lowest BCUT2D eigenvalue weighted by atomic mass is 10.2. The van der Waals surface area contributed by atoms with Crippen molar-refractivity contribution >= 4 is 34.3 Å². The number of fused-ring (bicyclic) bond motifs is 1. The average Bonchev–Trinajstić information content (AvgIpc) is 3.45. The topological polar surface area (TPSA) is 101 Å². The molecule has 5 rings (SSSR count). The van der Waals surface area contributed by atoms with E-state index in [1.54, 1.807) is 12.4 Å². The molecule has 3 heterocycles. The van der Waals surface area contributed by atoms with E-state index in [4.69, 9.17) is 0 Å². The number of H-pyrrole nitrogens is 1. The molecule has 0 aliphatic carbocycles. The van der Waals surface area contributed by atoms with E-state index in [1.807, 2.05) is 71.3 Å². The fourth-order valence-corrected chi connectivity index (χ4v) is 3.93. The number of thioether (sulfide) groups is 1. The molecular weight excluding hydrogens is 410 g/mol. The molecule has 2 aromatic carbocycles. The van der Waals surface area contributed by atoms with E-state index in [1.165, 1.54) is 11.8 Å². The molecule has 5 aromatic rings. The number of aromatic nitrogens is 6. The maximum atomic E-state index is 12.6. The first-order valence-corrected chi connectivity index (χ1v) is 10.5. The number of hydrogen-bond donors (Lipinski definition) is 2. The number of amides is 1. The Balaban J connectivity index is 1.37. The number of rotatable bonds is 6. The van der Waals surface area contributed by atoms with Gasteiger partial charge in [-0.2, -0.15) is 5.10 Å². The van der Waals surface area contributed by atoms with Crippen molar-refractivity contribution in [1.82, 2.24) is 29.9 Å². The predicted octanol–water partition coefficient (Wildman–Crippen LogP) is 3.94. The van der Waals surface area contributed by atoms with Crippen LogP contribution in [0.2, 0.25) is 0 Å². The summed E-state index contributed by atoms with van der Waals surface area (Å²) >= 11 is 1.32. The molecule has 0 fully saturated rings. The Labute approximate surface area is 181 Å². The van der Waals surface area contributed by atoms with Gasteiger partial charge in [0.1, 0.15) is 5.69 Å². The van der Waals surface area contributed by atoms with Crippen LogP contribution in [0.3, 0.4) is 0 Å². The Morgan fingerprint density at radius 1 is 1.03 bits per heavy atom. The quantitative estimate of drug-likeness (QED) is 0.398. The molecule has 1 amide bonds. The highest BCUT2D eigenvalue weighted by atomic mass is 32.2. The highest BCUT2D eigenvalue weighted by molar-refractivity contribution is 7.99. The van der Waals surface area contributed by atoms with E-state index in [-0.39, 0.29) is 11.7 Å². The average molecular weight is 427 g/mol. The maximum absolute atomic E-state index is 12.6. The van der Waals surface area contributed by atoms with Crippen LogP contribution in [0.5, 0.6) is 0 Å². The van der Waals surface area contributed by atoms with Crippen LogP contribution < -0.4 is 5.32 Å². The van der Waals surface area contributed by atoms with Gasteiger partial charge in [0.05, 0.1) is 17.5 Å². The summed E-state index contributed by atoms with van der Waals surface area (Å²) in [6, 6.07) is 21.1. The van der Waals surface area contributed by atoms with Gasteiger partial charge in [-0.05, 0) is 42.5 Å². The lowest BCUT2D eigenvalue weighted by Crippen LogP contribution is -2.14. The maximum Gasteiger partial charge on any atom is 0.234 e. The van der Waals surface area contributed by atoms with Crippen molar-refractivity contribution in [2.24, 2.45) is 0 Å². The number of nitrogens with one attached hydrogen (secondary N) is 2. The molecule has 0 aliphatic rings. The summed E-state index contributed by atoms with van der Waals surface area (Å²) in [6.45, 7) is 0. The highest BCUT2D eigenvalue weighted by Gasteiger charge is 2.18. The van der Waals surface area contributed by atoms with Gasteiger partial charge in [-0.1, -0.05) is 36.0 Å². The molecule has 0 unspecified atom stereocenters. The van der Waals surface area contributed by atoms with Gasteiger partial charge in [0.2, 0.25) is 5.91 Å². The Kier molecular flexibility index (Phi) is 5.16. The van der Waals surface area contributed by atoms with Gasteiger partial charge in [0, 0.05) is 23.0 Å². The van der Waals surface area contributed by atoms with Crippen LogP contribution in [-0.2, 0) is 4.79 Å². The van der Waals surface area contributed by atoms with Gasteiger partial charge in [-0.15, -0.1) is 10.2 Å². The van der Waals surface area contributed by atoms with Crippen molar-refractivity contribution in [2.45, 2.75) is 5.16 Å². The van der Waals surface area contributed by atoms with Crippen molar-refractivity contribution in [3.63, 3.8) is 0 Å². The van der Waals surface area contributed by atoms with Crippen molar-refractivity contribution < 1.29 is 4.79 Å². The van der Waals surface area contributed by atoms with Crippen LogP contribution in [-0.4, -0.2) is 41.6 Å². The second kappa shape index (κ2) is 8.41. The van der Waals surface area contributed by atoms with Crippen LogP contribution in [0.25, 0.3) is 28.1 Å². The summed E-state index contributed by atoms with van der Waals surface area (Å²) in [7, 11) is 0. The fraction of sp³-hybridized carbons (Fsp3) is 0.0455. The largest absolute Gasteiger partial charge is 0.325 e. The van der Waals surface area contributed by atoms with Crippen LogP contribution in [0.15, 0.2) is 84.3 Å². The van der Waals surface area contributed by atoms with Gasteiger partial charge < -0.3 is 5.32 Å². The van der Waals surface area contributed by atoms with Gasteiger partial charge >= 0.3 is 0 Å². The lowest BCUT2D eigenvalue weighted by Gasteiger charge is -2.10. The number of benzene rings is 2. The zero-order valence-corrected chi connectivity index (χ0v) is 17.1. The molecule has 0 spiro atoms. The van der Waals surface area contributed by atoms with Crippen LogP contribution in [0, 0.1) is 0 Å². The summed E-state index contributed by atoms with van der Waals surface area (Å²) in [6.07, 6.45) is 3.46. The zero-order chi connectivity index (χ0) is 21.0. The predicted molar refractivity (Wildman–Crippen MR) is 120 cm³/mol. The van der Waals surface area contributed by atoms with Gasteiger partial charge in [0.25, 0.3) is 0 Å². The van der Waals surface area contributed by atoms with Crippen LogP contribution in [0.4, 0.5) is 5.69 Å². The molecular formula is C22H17N7OS. The summed E-state index contributed by atoms with van der Waals surface area (Å²) in [5, 5.41) is 20.1. The van der Waals surface area contributed by atoms with Gasteiger partial charge in [-0.3, -0.25) is 19.4 Å². The van der Waals surface area contributed by atoms with Crippen molar-refractivity contribution in [3.05, 3.63) is 79.1 Å². The molecule has 0 bridgehead atoms. The standard InChI is InChI=1S/C22H17N7OS/c30-20(25-16-10-9-15-13-24-26-19(15)12-16)14-31-22-28-27-21(18-8-4-5-11-23-18)29(22)17-6-2-1-3-7-17/h1-13H,14H2,(H,24,26)(H,25,30). The normalized spacial score (nSPS) is 11.0. The monoisotopic (exact) mass is 427 g/mol. The molecule has 0 radical (unpaired) electrons. The van der Waals surface area contributed by atoms with E-state index in [9.17, 15) is 4.79 Å². The zero-order valence-electron chi connectivity index (χ0n) is 16.3. The Bertz CT molecular complexity index is 1330. The molecule has 31 heavy (non-hydrogen) atoms. The number of nitrogens with zero attached hydrogens (tertiary/aromatic N) is 5. The molecule has 0 saturated heterocycles. The van der Waals surface area contributed by atoms with Crippen molar-refractivity contribution in [1.29, 1.82) is 0 Å². The number of anilines is 1. The molecule has 0 saturated carbocycles. The Hall–Kier alpha value is -3.98. The third-order valence-corrected chi connectivity index (χ3v) is 5.53. The molecule has 152 valence electrons. The number of carbonyl (C=O) groups excluding carboxylic acids is 1. The molecule has 3 aromatic heterocycles. The SMILES string of the molecule is O=C(CSc1nnc(-c2ccccn2)n1-c1ccccc1)Nc1ccc2cn[nH]c2c1. The lowest BCUT2D eigenvalue weighted by molar-refractivity contribution is -0.113. The minimum Gasteiger partial charge on any atom is -0.325 e. The second-order valence-electron chi connectivity index (χ2n) is 6.70. The van der Waals surface area contributed by atoms with E-state index >= 15 is 0 Å². The number of para-hydroxylation sites is 1. The van der Waals surface area contributed by atoms with Crippen LogP contribution in [0.1, 0.15) is 0 Å². The molecule has 0 atom stereocenters. The summed E-state index contributed by atoms with van der Waals surface area (Å²) in [5.41, 5.74) is 3.19. The molecule has 2 N–H and O–H groups in total.